The summed E-state index contributed by atoms with van der Waals surface area (Å²) < 4.78 is 13.6. The van der Waals surface area contributed by atoms with E-state index in [-0.39, 0.29) is 17.1 Å². The maximum absolute atomic E-state index is 13.0. The summed E-state index contributed by atoms with van der Waals surface area (Å²) >= 11 is 8.02. The summed E-state index contributed by atoms with van der Waals surface area (Å²) in [6.45, 7) is 0.600. The first-order valence-corrected chi connectivity index (χ1v) is 7.97. The number of carbonyl (C=O) groups excluding carboxylic acids is 1. The van der Waals surface area contributed by atoms with E-state index >= 15 is 0 Å². The van der Waals surface area contributed by atoms with Crippen molar-refractivity contribution in [2.45, 2.75) is 25.7 Å². The molecule has 1 aromatic rings. The molecule has 0 heterocycles. The Morgan fingerprint density at radius 2 is 2.11 bits per heavy atom. The number of nitrogens with one attached hydrogen (secondary N) is 1. The van der Waals surface area contributed by atoms with E-state index in [1.54, 1.807) is 0 Å². The predicted molar refractivity (Wildman–Crippen MR) is 83.1 cm³/mol. The standard InChI is InChI=1S/C14H16ClFINO/c15-8-14(5-1-2-6-14)9-18-13(19)11-4-3-10(16)7-12(11)17/h3-4,7H,1-2,5-6,8-9H2,(H,18,19). The van der Waals surface area contributed by atoms with Crippen LogP contribution in [0.25, 0.3) is 0 Å². The molecule has 1 fully saturated rings. The zero-order valence-electron chi connectivity index (χ0n) is 10.5. The van der Waals surface area contributed by atoms with Crippen molar-refractivity contribution >= 4 is 40.1 Å². The van der Waals surface area contributed by atoms with Crippen molar-refractivity contribution in [2.75, 3.05) is 12.4 Å². The van der Waals surface area contributed by atoms with E-state index in [1.807, 2.05) is 22.6 Å². The van der Waals surface area contributed by atoms with Gasteiger partial charge in [0.2, 0.25) is 0 Å². The molecule has 19 heavy (non-hydrogen) atoms. The highest BCUT2D eigenvalue weighted by molar-refractivity contribution is 14.1. The Labute approximate surface area is 131 Å². The fourth-order valence-electron chi connectivity index (χ4n) is 2.52. The molecule has 1 N–H and O–H groups in total. The summed E-state index contributed by atoms with van der Waals surface area (Å²) in [5.41, 5.74) is 0.563. The zero-order chi connectivity index (χ0) is 13.9. The summed E-state index contributed by atoms with van der Waals surface area (Å²) in [7, 11) is 0. The highest BCUT2D eigenvalue weighted by atomic mass is 127. The Kier molecular flexibility index (Phi) is 5.06. The van der Waals surface area contributed by atoms with Crippen LogP contribution in [0.2, 0.25) is 0 Å². The highest BCUT2D eigenvalue weighted by Gasteiger charge is 2.33. The molecule has 1 amide bonds. The molecular formula is C14H16ClFINO. The van der Waals surface area contributed by atoms with Crippen LogP contribution in [0, 0.1) is 14.8 Å². The van der Waals surface area contributed by atoms with Gasteiger partial charge in [0, 0.05) is 21.4 Å². The van der Waals surface area contributed by atoms with Gasteiger partial charge in [-0.15, -0.1) is 11.6 Å². The number of benzene rings is 1. The van der Waals surface area contributed by atoms with Gasteiger partial charge < -0.3 is 5.32 Å². The number of halogens is 3. The topological polar surface area (TPSA) is 29.1 Å². The van der Waals surface area contributed by atoms with Gasteiger partial charge in [0.15, 0.2) is 0 Å². The van der Waals surface area contributed by atoms with Crippen LogP contribution in [0.3, 0.4) is 0 Å². The third-order valence-electron chi connectivity index (χ3n) is 3.75. The molecule has 2 rings (SSSR count). The van der Waals surface area contributed by atoms with Gasteiger partial charge in [0.1, 0.15) is 5.82 Å². The number of hydrogen-bond donors (Lipinski definition) is 1. The highest BCUT2D eigenvalue weighted by Crippen LogP contribution is 2.38. The molecule has 0 aliphatic heterocycles. The van der Waals surface area contributed by atoms with Gasteiger partial charge in [-0.3, -0.25) is 4.79 Å². The first-order chi connectivity index (χ1) is 9.06. The molecule has 0 unspecified atom stereocenters. The molecule has 1 aliphatic carbocycles. The van der Waals surface area contributed by atoms with Crippen molar-refractivity contribution in [1.82, 2.24) is 5.32 Å². The molecule has 2 nitrogen and oxygen atoms in total. The first kappa shape index (κ1) is 15.0. The molecule has 5 heteroatoms. The van der Waals surface area contributed by atoms with Crippen molar-refractivity contribution in [3.63, 3.8) is 0 Å². The summed E-state index contributed by atoms with van der Waals surface area (Å²) in [4.78, 5) is 12.1. The number of alkyl halides is 1. The van der Waals surface area contributed by atoms with Crippen LogP contribution < -0.4 is 5.32 Å². The van der Waals surface area contributed by atoms with Gasteiger partial charge >= 0.3 is 0 Å². The van der Waals surface area contributed by atoms with E-state index in [0.29, 0.717) is 21.6 Å². The molecule has 0 bridgehead atoms. The Bertz CT molecular complexity index is 475. The molecular weight excluding hydrogens is 380 g/mol. The van der Waals surface area contributed by atoms with Gasteiger partial charge in [-0.05, 0) is 53.6 Å². The number of carbonyl (C=O) groups is 1. The van der Waals surface area contributed by atoms with Crippen molar-refractivity contribution in [3.05, 3.63) is 33.1 Å². The second-order valence-corrected chi connectivity index (χ2v) is 6.58. The van der Waals surface area contributed by atoms with Crippen LogP contribution in [-0.2, 0) is 0 Å². The van der Waals surface area contributed by atoms with E-state index in [4.69, 9.17) is 11.6 Å². The number of amides is 1. The quantitative estimate of drug-likeness (QED) is 0.607. The van der Waals surface area contributed by atoms with E-state index < -0.39 is 0 Å². The molecule has 1 aliphatic rings. The Hall–Kier alpha value is -0.360. The van der Waals surface area contributed by atoms with E-state index in [0.717, 1.165) is 12.8 Å². The van der Waals surface area contributed by atoms with Crippen molar-refractivity contribution in [3.8, 4) is 0 Å². The first-order valence-electron chi connectivity index (χ1n) is 6.36. The minimum absolute atomic E-state index is 0.0443. The number of hydrogen-bond acceptors (Lipinski definition) is 1. The minimum Gasteiger partial charge on any atom is -0.351 e. The summed E-state index contributed by atoms with van der Waals surface area (Å²) in [5, 5.41) is 2.94. The Balaban J connectivity index is 2.01. The number of rotatable bonds is 4. The molecule has 1 saturated carbocycles. The van der Waals surface area contributed by atoms with Gasteiger partial charge in [-0.25, -0.2) is 4.39 Å². The average molecular weight is 396 g/mol. The van der Waals surface area contributed by atoms with Crippen LogP contribution in [-0.4, -0.2) is 18.3 Å². The van der Waals surface area contributed by atoms with Gasteiger partial charge in [-0.1, -0.05) is 12.8 Å². The van der Waals surface area contributed by atoms with Crippen LogP contribution in [0.15, 0.2) is 18.2 Å². The lowest BCUT2D eigenvalue weighted by Crippen LogP contribution is -2.37. The lowest BCUT2D eigenvalue weighted by molar-refractivity contribution is 0.0934. The zero-order valence-corrected chi connectivity index (χ0v) is 13.4. The smallest absolute Gasteiger partial charge is 0.252 e. The fraction of sp³-hybridized carbons (Fsp3) is 0.500. The van der Waals surface area contributed by atoms with E-state index in [1.165, 1.54) is 31.0 Å². The predicted octanol–water partition coefficient (Wildman–Crippen LogP) is 3.96. The molecule has 1 aromatic carbocycles. The minimum atomic E-state index is -0.325. The van der Waals surface area contributed by atoms with Crippen LogP contribution in [0.4, 0.5) is 4.39 Å². The van der Waals surface area contributed by atoms with Gasteiger partial charge in [0.05, 0.1) is 5.56 Å². The lowest BCUT2D eigenvalue weighted by atomic mass is 9.88. The average Bonchev–Trinajstić information content (AvgIpc) is 2.85. The SMILES string of the molecule is O=C(NCC1(CCl)CCCC1)c1ccc(F)cc1I. The maximum atomic E-state index is 13.0. The third-order valence-corrected chi connectivity index (χ3v) is 5.21. The second-order valence-electron chi connectivity index (χ2n) is 5.15. The molecule has 104 valence electrons. The van der Waals surface area contributed by atoms with Gasteiger partial charge in [-0.2, -0.15) is 0 Å². The monoisotopic (exact) mass is 395 g/mol. The van der Waals surface area contributed by atoms with E-state index in [2.05, 4.69) is 5.32 Å². The van der Waals surface area contributed by atoms with Crippen molar-refractivity contribution in [2.24, 2.45) is 5.41 Å². The lowest BCUT2D eigenvalue weighted by Gasteiger charge is -2.26. The Morgan fingerprint density at radius 3 is 2.68 bits per heavy atom. The molecule has 0 radical (unpaired) electrons. The van der Waals surface area contributed by atoms with Crippen molar-refractivity contribution in [1.29, 1.82) is 0 Å². The fourth-order valence-corrected chi connectivity index (χ4v) is 3.60. The van der Waals surface area contributed by atoms with Gasteiger partial charge in [0.25, 0.3) is 5.91 Å². The normalized spacial score (nSPS) is 17.4. The summed E-state index contributed by atoms with van der Waals surface area (Å²) in [6.07, 6.45) is 4.49. The summed E-state index contributed by atoms with van der Waals surface area (Å²) in [5.74, 6) is 0.100. The Morgan fingerprint density at radius 1 is 1.42 bits per heavy atom. The molecule has 0 saturated heterocycles. The second kappa shape index (κ2) is 6.39. The molecule has 0 spiro atoms. The van der Waals surface area contributed by atoms with Crippen LogP contribution >= 0.6 is 34.2 Å². The largest absolute Gasteiger partial charge is 0.351 e. The maximum Gasteiger partial charge on any atom is 0.252 e. The summed E-state index contributed by atoms with van der Waals surface area (Å²) in [6, 6.07) is 4.20. The molecule has 0 atom stereocenters. The molecule has 0 aromatic heterocycles. The van der Waals surface area contributed by atoms with Crippen LogP contribution in [0.5, 0.6) is 0 Å². The van der Waals surface area contributed by atoms with Crippen LogP contribution in [0.1, 0.15) is 36.0 Å². The third kappa shape index (κ3) is 3.60. The van der Waals surface area contributed by atoms with E-state index in [9.17, 15) is 9.18 Å². The van der Waals surface area contributed by atoms with Crippen molar-refractivity contribution < 1.29 is 9.18 Å².